The third-order valence-corrected chi connectivity index (χ3v) is 4.64. The summed E-state index contributed by atoms with van der Waals surface area (Å²) in [5, 5.41) is 5.55. The zero-order valence-electron chi connectivity index (χ0n) is 14.3. The van der Waals surface area contributed by atoms with Crippen LogP contribution < -0.4 is 10.6 Å². The molecule has 1 heterocycles. The monoisotopic (exact) mass is 315 g/mol. The molecule has 5 heteroatoms. The Morgan fingerprint density at radius 1 is 1.17 bits per heavy atom. The number of amides is 2. The van der Waals surface area contributed by atoms with Crippen LogP contribution in [0.1, 0.15) is 45.6 Å². The summed E-state index contributed by atoms with van der Waals surface area (Å²) in [6, 6.07) is 7.59. The van der Waals surface area contributed by atoms with Crippen molar-refractivity contribution in [3.8, 4) is 0 Å². The highest BCUT2D eigenvalue weighted by Gasteiger charge is 2.51. The number of hydrogen-bond donors (Lipinski definition) is 2. The number of guanidine groups is 1. The predicted molar refractivity (Wildman–Crippen MR) is 91.4 cm³/mol. The van der Waals surface area contributed by atoms with Gasteiger partial charge >= 0.3 is 0 Å². The number of aryl methyl sites for hydroxylation is 1. The first-order valence-electron chi connectivity index (χ1n) is 8.22. The van der Waals surface area contributed by atoms with Gasteiger partial charge in [-0.1, -0.05) is 39.3 Å². The highest BCUT2D eigenvalue weighted by molar-refractivity contribution is 6.20. The van der Waals surface area contributed by atoms with Crippen molar-refractivity contribution in [3.63, 3.8) is 0 Å². The van der Waals surface area contributed by atoms with E-state index in [2.05, 4.69) is 22.5 Å². The lowest BCUT2D eigenvalue weighted by molar-refractivity contribution is -0.147. The molecule has 124 valence electrons. The highest BCUT2D eigenvalue weighted by atomic mass is 16.2. The van der Waals surface area contributed by atoms with Gasteiger partial charge in [-0.25, -0.2) is 4.99 Å². The summed E-state index contributed by atoms with van der Waals surface area (Å²) in [6.45, 7) is 7.88. The molecule has 0 aliphatic carbocycles. The Labute approximate surface area is 137 Å². The number of rotatable bonds is 5. The summed E-state index contributed by atoms with van der Waals surface area (Å²) in [6.07, 6.45) is 2.25. The third kappa shape index (κ3) is 3.28. The Hall–Kier alpha value is -2.17. The Morgan fingerprint density at radius 3 is 2.35 bits per heavy atom. The van der Waals surface area contributed by atoms with Crippen molar-refractivity contribution in [1.29, 1.82) is 0 Å². The Morgan fingerprint density at radius 2 is 1.83 bits per heavy atom. The molecule has 0 saturated carbocycles. The second-order valence-corrected chi connectivity index (χ2v) is 6.22. The van der Waals surface area contributed by atoms with Crippen molar-refractivity contribution < 1.29 is 9.59 Å². The van der Waals surface area contributed by atoms with Crippen LogP contribution in [0.4, 0.5) is 5.69 Å². The maximum Gasteiger partial charge on any atom is 0.242 e. The fourth-order valence-electron chi connectivity index (χ4n) is 3.25. The van der Waals surface area contributed by atoms with Gasteiger partial charge in [-0.05, 0) is 43.4 Å². The van der Waals surface area contributed by atoms with Crippen LogP contribution in [0.15, 0.2) is 29.3 Å². The molecule has 2 N–H and O–H groups in total. The molecule has 1 atom stereocenters. The van der Waals surface area contributed by atoms with Gasteiger partial charge in [0.15, 0.2) is 0 Å². The molecule has 1 saturated heterocycles. The minimum Gasteiger partial charge on any atom is -0.295 e. The van der Waals surface area contributed by atoms with Crippen molar-refractivity contribution in [2.75, 3.05) is 0 Å². The largest absolute Gasteiger partial charge is 0.295 e. The Bertz CT molecular complexity index is 617. The van der Waals surface area contributed by atoms with Crippen LogP contribution >= 0.6 is 0 Å². The molecule has 1 aromatic carbocycles. The highest BCUT2D eigenvalue weighted by Crippen LogP contribution is 2.36. The van der Waals surface area contributed by atoms with E-state index in [9.17, 15) is 9.59 Å². The van der Waals surface area contributed by atoms with Gasteiger partial charge in [0, 0.05) is 0 Å². The van der Waals surface area contributed by atoms with Crippen molar-refractivity contribution in [1.82, 2.24) is 10.6 Å². The van der Waals surface area contributed by atoms with Gasteiger partial charge in [-0.2, -0.15) is 0 Å². The minimum absolute atomic E-state index is 0.0157. The second kappa shape index (κ2) is 6.94. The smallest absolute Gasteiger partial charge is 0.242 e. The lowest BCUT2D eigenvalue weighted by Gasteiger charge is -2.38. The maximum absolute atomic E-state index is 12.7. The van der Waals surface area contributed by atoms with Crippen molar-refractivity contribution in [2.24, 2.45) is 16.3 Å². The first kappa shape index (κ1) is 17.2. The number of benzene rings is 1. The standard InChI is InChI=1S/C18H25N3O2/c1-5-8-13(4)18(6-2)15(22)20-17(21-16(18)23)19-14-10-7-9-12(3)11-14/h7,9-11,13H,5-6,8H2,1-4H3,(H2,19,20,21,22,23)/t13-/m0/s1. The lowest BCUT2D eigenvalue weighted by atomic mass is 9.70. The molecule has 2 amide bonds. The van der Waals surface area contributed by atoms with E-state index in [0.29, 0.717) is 12.1 Å². The zero-order chi connectivity index (χ0) is 17.0. The van der Waals surface area contributed by atoms with Crippen LogP contribution in [0.2, 0.25) is 0 Å². The summed E-state index contributed by atoms with van der Waals surface area (Å²) in [5.41, 5.74) is 0.757. The molecule has 1 aliphatic heterocycles. The fourth-order valence-corrected chi connectivity index (χ4v) is 3.25. The Balaban J connectivity index is 2.28. The van der Waals surface area contributed by atoms with Gasteiger partial charge in [-0.3, -0.25) is 20.2 Å². The van der Waals surface area contributed by atoms with E-state index in [4.69, 9.17) is 0 Å². The molecule has 0 bridgehead atoms. The number of carbonyl (C=O) groups excluding carboxylic acids is 2. The number of hydrogen-bond acceptors (Lipinski definition) is 3. The number of carbonyl (C=O) groups is 2. The minimum atomic E-state index is -1.01. The van der Waals surface area contributed by atoms with Crippen LogP contribution in [0.25, 0.3) is 0 Å². The van der Waals surface area contributed by atoms with E-state index in [1.54, 1.807) is 0 Å². The first-order valence-corrected chi connectivity index (χ1v) is 8.22. The topological polar surface area (TPSA) is 70.6 Å². The molecule has 0 radical (unpaired) electrons. The van der Waals surface area contributed by atoms with Crippen molar-refractivity contribution in [3.05, 3.63) is 29.8 Å². The van der Waals surface area contributed by atoms with E-state index >= 15 is 0 Å². The molecule has 1 fully saturated rings. The van der Waals surface area contributed by atoms with Gasteiger partial charge in [0.05, 0.1) is 5.69 Å². The normalized spacial score (nSPS) is 22.3. The summed E-state index contributed by atoms with van der Waals surface area (Å²) in [4.78, 5) is 29.7. The average Bonchev–Trinajstić information content (AvgIpc) is 2.48. The maximum atomic E-state index is 12.7. The van der Waals surface area contributed by atoms with E-state index < -0.39 is 5.41 Å². The molecule has 2 rings (SSSR count). The van der Waals surface area contributed by atoms with E-state index in [0.717, 1.165) is 18.4 Å². The molecule has 0 unspecified atom stereocenters. The summed E-state index contributed by atoms with van der Waals surface area (Å²) in [5.74, 6) is -0.316. The van der Waals surface area contributed by atoms with Crippen LogP contribution in [-0.2, 0) is 9.59 Å². The summed E-state index contributed by atoms with van der Waals surface area (Å²) < 4.78 is 0. The molecular weight excluding hydrogens is 290 g/mol. The van der Waals surface area contributed by atoms with Gasteiger partial charge in [0.1, 0.15) is 5.41 Å². The quantitative estimate of drug-likeness (QED) is 0.820. The molecule has 1 aromatic rings. The van der Waals surface area contributed by atoms with Crippen LogP contribution in [0.3, 0.4) is 0 Å². The van der Waals surface area contributed by atoms with Crippen molar-refractivity contribution >= 4 is 23.5 Å². The second-order valence-electron chi connectivity index (χ2n) is 6.22. The lowest BCUT2D eigenvalue weighted by Crippen LogP contribution is -2.64. The van der Waals surface area contributed by atoms with Crippen LogP contribution in [0, 0.1) is 18.3 Å². The van der Waals surface area contributed by atoms with E-state index in [1.807, 2.05) is 45.0 Å². The molecular formula is C18H25N3O2. The molecule has 5 nitrogen and oxygen atoms in total. The van der Waals surface area contributed by atoms with Gasteiger partial charge in [-0.15, -0.1) is 0 Å². The van der Waals surface area contributed by atoms with Gasteiger partial charge in [0.2, 0.25) is 17.8 Å². The predicted octanol–water partition coefficient (Wildman–Crippen LogP) is 3.06. The Kier molecular flexibility index (Phi) is 5.19. The number of nitrogens with zero attached hydrogens (tertiary/aromatic N) is 1. The van der Waals surface area contributed by atoms with Gasteiger partial charge < -0.3 is 0 Å². The number of nitrogens with one attached hydrogen (secondary N) is 2. The SMILES string of the molecule is CCC[C@H](C)C1(CC)C(=O)NC(=Nc2cccc(C)c2)NC1=O. The van der Waals surface area contributed by atoms with Crippen LogP contribution in [0.5, 0.6) is 0 Å². The molecule has 1 aliphatic rings. The molecule has 23 heavy (non-hydrogen) atoms. The van der Waals surface area contributed by atoms with E-state index in [1.165, 1.54) is 0 Å². The molecule has 0 spiro atoms. The first-order chi connectivity index (χ1) is 10.9. The summed E-state index contributed by atoms with van der Waals surface area (Å²) >= 11 is 0. The van der Waals surface area contributed by atoms with Gasteiger partial charge in [0.25, 0.3) is 0 Å². The van der Waals surface area contributed by atoms with E-state index in [-0.39, 0.29) is 23.7 Å². The average molecular weight is 315 g/mol. The summed E-state index contributed by atoms with van der Waals surface area (Å²) in [7, 11) is 0. The zero-order valence-corrected chi connectivity index (χ0v) is 14.3. The molecule has 0 aromatic heterocycles. The third-order valence-electron chi connectivity index (χ3n) is 4.64. The fraction of sp³-hybridized carbons (Fsp3) is 0.500. The number of aliphatic imine (C=N–C) groups is 1. The van der Waals surface area contributed by atoms with Crippen molar-refractivity contribution in [2.45, 2.75) is 47.0 Å². The van der Waals surface area contributed by atoms with Crippen LogP contribution in [-0.4, -0.2) is 17.8 Å².